The summed E-state index contributed by atoms with van der Waals surface area (Å²) in [5, 5.41) is 5.82. The van der Waals surface area contributed by atoms with E-state index in [9.17, 15) is 9.59 Å². The average molecular weight is 353 g/mol. The van der Waals surface area contributed by atoms with Crippen molar-refractivity contribution in [1.82, 2.24) is 5.32 Å². The highest BCUT2D eigenvalue weighted by atomic mass is 35.5. The monoisotopic (exact) mass is 352 g/mol. The van der Waals surface area contributed by atoms with Gasteiger partial charge in [-0.05, 0) is 42.5 Å². The van der Waals surface area contributed by atoms with E-state index < -0.39 is 5.91 Å². The van der Waals surface area contributed by atoms with Crippen LogP contribution in [0.4, 0.5) is 5.69 Å². The van der Waals surface area contributed by atoms with Crippen molar-refractivity contribution in [3.63, 3.8) is 0 Å². The summed E-state index contributed by atoms with van der Waals surface area (Å²) in [6, 6.07) is 11.4. The summed E-state index contributed by atoms with van der Waals surface area (Å²) in [7, 11) is 1.56. The predicted molar refractivity (Wildman–Crippen MR) is 90.4 cm³/mol. The number of benzene rings is 2. The Labute approximate surface area is 143 Å². The van der Waals surface area contributed by atoms with Crippen LogP contribution in [0.2, 0.25) is 10.0 Å². The molecule has 0 aliphatic carbocycles. The summed E-state index contributed by atoms with van der Waals surface area (Å²) >= 11 is 11.6. The number of carbonyl (C=O) groups is 2. The predicted octanol–water partition coefficient (Wildman–Crippen LogP) is 3.37. The molecular weight excluding hydrogens is 339 g/mol. The second-order valence-electron chi connectivity index (χ2n) is 4.59. The fourth-order valence-electron chi connectivity index (χ4n) is 1.78. The summed E-state index contributed by atoms with van der Waals surface area (Å²) in [6.07, 6.45) is 0. The van der Waals surface area contributed by atoms with Crippen molar-refractivity contribution in [1.29, 1.82) is 0 Å². The smallest absolute Gasteiger partial charge is 0.251 e. The van der Waals surface area contributed by atoms with Crippen molar-refractivity contribution in [3.05, 3.63) is 58.1 Å². The maximum absolute atomic E-state index is 11.9. The SMILES string of the molecule is COc1ccc(NC(=O)CNC(=O)c2ccc(Cl)c(Cl)c2)cc1. The molecule has 0 saturated heterocycles. The standard InChI is InChI=1S/C16H14Cl2N2O3/c1-23-12-5-3-11(4-6-12)20-15(21)9-19-16(22)10-2-7-13(17)14(18)8-10/h2-8H,9H2,1H3,(H,19,22)(H,20,21). The van der Waals surface area contributed by atoms with E-state index in [1.165, 1.54) is 18.2 Å². The largest absolute Gasteiger partial charge is 0.497 e. The first kappa shape index (κ1) is 17.1. The topological polar surface area (TPSA) is 67.4 Å². The van der Waals surface area contributed by atoms with E-state index in [1.807, 2.05) is 0 Å². The van der Waals surface area contributed by atoms with Crippen molar-refractivity contribution < 1.29 is 14.3 Å². The molecule has 120 valence electrons. The van der Waals surface area contributed by atoms with E-state index in [0.717, 1.165) is 0 Å². The van der Waals surface area contributed by atoms with Crippen LogP contribution >= 0.6 is 23.2 Å². The number of carbonyl (C=O) groups excluding carboxylic acids is 2. The van der Waals surface area contributed by atoms with Crippen LogP contribution in [0.3, 0.4) is 0 Å². The minimum absolute atomic E-state index is 0.162. The molecule has 0 spiro atoms. The summed E-state index contributed by atoms with van der Waals surface area (Å²) in [5.41, 5.74) is 0.941. The number of hydrogen-bond donors (Lipinski definition) is 2. The van der Waals surface area contributed by atoms with Gasteiger partial charge >= 0.3 is 0 Å². The van der Waals surface area contributed by atoms with E-state index in [4.69, 9.17) is 27.9 Å². The number of amides is 2. The van der Waals surface area contributed by atoms with E-state index >= 15 is 0 Å². The molecule has 2 rings (SSSR count). The summed E-state index contributed by atoms with van der Waals surface area (Å²) in [5.74, 6) is -0.0621. The van der Waals surface area contributed by atoms with Gasteiger partial charge in [0.15, 0.2) is 0 Å². The van der Waals surface area contributed by atoms with Crippen molar-refractivity contribution in [3.8, 4) is 5.75 Å². The molecule has 0 atom stereocenters. The second kappa shape index (κ2) is 7.85. The molecule has 2 amide bonds. The number of rotatable bonds is 5. The first-order valence-electron chi connectivity index (χ1n) is 6.67. The van der Waals surface area contributed by atoms with Gasteiger partial charge in [-0.2, -0.15) is 0 Å². The Morgan fingerprint density at radius 1 is 1.04 bits per heavy atom. The number of nitrogens with one attached hydrogen (secondary N) is 2. The van der Waals surface area contributed by atoms with Crippen LogP contribution in [0.1, 0.15) is 10.4 Å². The molecule has 2 aromatic rings. The molecule has 7 heteroatoms. The highest BCUT2D eigenvalue weighted by Gasteiger charge is 2.10. The highest BCUT2D eigenvalue weighted by Crippen LogP contribution is 2.22. The molecule has 23 heavy (non-hydrogen) atoms. The quantitative estimate of drug-likeness (QED) is 0.866. The Balaban J connectivity index is 1.87. The van der Waals surface area contributed by atoms with Gasteiger partial charge in [-0.1, -0.05) is 23.2 Å². The number of methoxy groups -OCH3 is 1. The van der Waals surface area contributed by atoms with Crippen molar-refractivity contribution in [2.45, 2.75) is 0 Å². The third-order valence-corrected chi connectivity index (χ3v) is 3.70. The van der Waals surface area contributed by atoms with Gasteiger partial charge < -0.3 is 15.4 Å². The van der Waals surface area contributed by atoms with E-state index in [0.29, 0.717) is 22.0 Å². The molecule has 2 N–H and O–H groups in total. The van der Waals surface area contributed by atoms with Crippen molar-refractivity contribution >= 4 is 40.7 Å². The average Bonchev–Trinajstić information content (AvgIpc) is 2.56. The van der Waals surface area contributed by atoms with Gasteiger partial charge in [0.25, 0.3) is 5.91 Å². The first-order chi connectivity index (χ1) is 11.0. The number of hydrogen-bond acceptors (Lipinski definition) is 3. The van der Waals surface area contributed by atoms with Crippen LogP contribution in [-0.2, 0) is 4.79 Å². The lowest BCUT2D eigenvalue weighted by atomic mass is 10.2. The zero-order chi connectivity index (χ0) is 16.8. The van der Waals surface area contributed by atoms with Crippen LogP contribution in [0.5, 0.6) is 5.75 Å². The maximum atomic E-state index is 11.9. The Morgan fingerprint density at radius 2 is 1.74 bits per heavy atom. The third kappa shape index (κ3) is 4.87. The number of anilines is 1. The lowest BCUT2D eigenvalue weighted by Crippen LogP contribution is -2.32. The summed E-state index contributed by atoms with van der Waals surface area (Å²) < 4.78 is 5.03. The van der Waals surface area contributed by atoms with Gasteiger partial charge in [0.1, 0.15) is 5.75 Å². The first-order valence-corrected chi connectivity index (χ1v) is 7.42. The van der Waals surface area contributed by atoms with Crippen LogP contribution in [0.25, 0.3) is 0 Å². The lowest BCUT2D eigenvalue weighted by Gasteiger charge is -2.08. The van der Waals surface area contributed by atoms with E-state index in [-0.39, 0.29) is 17.5 Å². The number of halogens is 2. The van der Waals surface area contributed by atoms with Crippen LogP contribution in [-0.4, -0.2) is 25.5 Å². The molecule has 2 aromatic carbocycles. The number of ether oxygens (including phenoxy) is 1. The fraction of sp³-hybridized carbons (Fsp3) is 0.125. The lowest BCUT2D eigenvalue weighted by molar-refractivity contribution is -0.115. The molecule has 0 saturated carbocycles. The molecular formula is C16H14Cl2N2O3. The van der Waals surface area contributed by atoms with Gasteiger partial charge in [-0.25, -0.2) is 0 Å². The Hall–Kier alpha value is -2.24. The molecule has 0 aromatic heterocycles. The summed E-state index contributed by atoms with van der Waals surface area (Å²) in [4.78, 5) is 23.8. The fourth-order valence-corrected chi connectivity index (χ4v) is 2.08. The minimum Gasteiger partial charge on any atom is -0.497 e. The van der Waals surface area contributed by atoms with E-state index in [2.05, 4.69) is 10.6 Å². The minimum atomic E-state index is -0.409. The van der Waals surface area contributed by atoms with Gasteiger partial charge in [0.05, 0.1) is 23.7 Å². The molecule has 0 radical (unpaired) electrons. The molecule has 0 unspecified atom stereocenters. The van der Waals surface area contributed by atoms with Gasteiger partial charge in [0.2, 0.25) is 5.91 Å². The third-order valence-electron chi connectivity index (χ3n) is 2.97. The van der Waals surface area contributed by atoms with Gasteiger partial charge in [-0.15, -0.1) is 0 Å². The molecule has 0 heterocycles. The van der Waals surface area contributed by atoms with Crippen molar-refractivity contribution in [2.75, 3.05) is 19.0 Å². The van der Waals surface area contributed by atoms with Crippen LogP contribution < -0.4 is 15.4 Å². The van der Waals surface area contributed by atoms with E-state index in [1.54, 1.807) is 31.4 Å². The Bertz CT molecular complexity index is 718. The maximum Gasteiger partial charge on any atom is 0.251 e. The molecule has 0 bridgehead atoms. The second-order valence-corrected chi connectivity index (χ2v) is 5.40. The van der Waals surface area contributed by atoms with Crippen LogP contribution in [0, 0.1) is 0 Å². The summed E-state index contributed by atoms with van der Waals surface area (Å²) in [6.45, 7) is -0.162. The zero-order valence-electron chi connectivity index (χ0n) is 12.2. The molecule has 5 nitrogen and oxygen atoms in total. The van der Waals surface area contributed by atoms with Gasteiger partial charge in [0, 0.05) is 11.3 Å². The van der Waals surface area contributed by atoms with Crippen molar-refractivity contribution in [2.24, 2.45) is 0 Å². The Morgan fingerprint density at radius 3 is 2.35 bits per heavy atom. The normalized spacial score (nSPS) is 10.0. The van der Waals surface area contributed by atoms with Crippen LogP contribution in [0.15, 0.2) is 42.5 Å². The van der Waals surface area contributed by atoms with Gasteiger partial charge in [-0.3, -0.25) is 9.59 Å². The Kier molecular flexibility index (Phi) is 5.84. The molecule has 0 aliphatic rings. The highest BCUT2D eigenvalue weighted by molar-refractivity contribution is 6.42. The molecule has 0 aliphatic heterocycles. The zero-order valence-corrected chi connectivity index (χ0v) is 13.7. The molecule has 0 fully saturated rings.